The molecule has 1 fully saturated rings. The lowest BCUT2D eigenvalue weighted by molar-refractivity contribution is -0.148. The quantitative estimate of drug-likeness (QED) is 0.0185. The monoisotopic (exact) mass is 1410 g/mol. The van der Waals surface area contributed by atoms with Crippen molar-refractivity contribution in [3.8, 4) is 0 Å². The third kappa shape index (κ3) is 25.3. The van der Waals surface area contributed by atoms with Crippen molar-refractivity contribution in [3.63, 3.8) is 0 Å². The van der Waals surface area contributed by atoms with Crippen LogP contribution in [0.15, 0.2) is 83.6 Å². The number of likely N-dealkylation sites (tertiary alicyclic amines) is 1. The second kappa shape index (κ2) is 40.5. The Morgan fingerprint density at radius 3 is 2.08 bits per heavy atom. The second-order valence-electron chi connectivity index (χ2n) is 26.1. The Morgan fingerprint density at radius 1 is 0.778 bits per heavy atom. The number of nitrogens with one attached hydrogen (secondary N) is 8. The lowest BCUT2D eigenvalue weighted by Crippen LogP contribution is -2.62. The highest BCUT2D eigenvalue weighted by Crippen LogP contribution is 2.31. The number of hydrogen-bond acceptors (Lipinski definition) is 18. The van der Waals surface area contributed by atoms with Crippen LogP contribution in [0.3, 0.4) is 0 Å². The van der Waals surface area contributed by atoms with Crippen LogP contribution in [0.2, 0.25) is 0 Å². The van der Waals surface area contributed by atoms with Gasteiger partial charge in [0.25, 0.3) is 5.91 Å². The number of nitrogens with two attached hydrogens (primary N) is 1. The first-order valence-corrected chi connectivity index (χ1v) is 35.3. The number of aromatic nitrogens is 3. The molecule has 542 valence electrons. The van der Waals surface area contributed by atoms with Crippen molar-refractivity contribution in [2.45, 2.75) is 199 Å². The number of alkyl carbamates (subject to hydrolysis) is 1. The van der Waals surface area contributed by atoms with E-state index in [1.807, 2.05) is 56.5 Å². The fourth-order valence-electron chi connectivity index (χ4n) is 11.7. The van der Waals surface area contributed by atoms with Crippen LogP contribution in [0, 0.1) is 23.7 Å². The molecule has 4 aromatic rings. The van der Waals surface area contributed by atoms with Crippen molar-refractivity contribution in [1.82, 2.24) is 62.0 Å². The summed E-state index contributed by atoms with van der Waals surface area (Å²) in [6, 6.07) is 10.8. The predicted octanol–water partition coefficient (Wildman–Crippen LogP) is 5.89. The van der Waals surface area contributed by atoms with E-state index in [-0.39, 0.29) is 96.8 Å². The number of hydrogen-bond donors (Lipinski definition) is 9. The zero-order valence-corrected chi connectivity index (χ0v) is 60.5. The van der Waals surface area contributed by atoms with Crippen LogP contribution < -0.4 is 48.3 Å². The Morgan fingerprint density at radius 2 is 1.47 bits per heavy atom. The van der Waals surface area contributed by atoms with E-state index in [1.165, 1.54) is 44.7 Å². The fourth-order valence-corrected chi connectivity index (χ4v) is 12.6. The summed E-state index contributed by atoms with van der Waals surface area (Å²) in [5.41, 5.74) is 5.60. The molecule has 1 aliphatic heterocycles. The number of urea groups is 1. The summed E-state index contributed by atoms with van der Waals surface area (Å²) in [5, 5.41) is 25.0. The van der Waals surface area contributed by atoms with Gasteiger partial charge in [-0.1, -0.05) is 104 Å². The van der Waals surface area contributed by atoms with E-state index in [0.717, 1.165) is 10.6 Å². The molecule has 10 N–H and O–H groups in total. The molecule has 0 unspecified atom stereocenters. The summed E-state index contributed by atoms with van der Waals surface area (Å²) in [6.07, 6.45) is 6.22. The standard InChI is InChI=1S/C69H100N14O14S2/c1-13-43(6)58(52(95-11)37-55(85)83-34-21-25-51(83)59(96-12)44(7)60(86)78-49(64-72-33-35-98-64)36-45-22-16-14-17-23-45)82(10)65(90)57(42(4)5)80-66(91)69(8,9)81-68(93)97-40-46-27-29-47(30-28-46)76-62(88)48(24-20-32-73-67(70)92)77-63(89)56(41(2)3)79-53(84)26-18-15-19-31-71-61(87)50-38-75-54(99-94)39-74-50/h14,16-17,22-23,27-30,33,35,38-39,41-44,48-49,51-52,56-59H,13,15,18-21,24-26,31-32,34,36-37,40H2,1-12H3,(H9-,70,71,73,76,77,78,79,80,81,84,86,87,88,89,91,92,93)/p+1/t43-,44+,48-,49-,51-,52+,56-,57-,58-,59+/m0/s1. The number of thiazole rings is 1. The Hall–Kier alpha value is -8.61. The maximum absolute atomic E-state index is 14.7. The van der Waals surface area contributed by atoms with E-state index in [9.17, 15) is 52.2 Å². The summed E-state index contributed by atoms with van der Waals surface area (Å²) in [5.74, 6) is -5.19. The molecule has 11 amide bonds. The first-order chi connectivity index (χ1) is 47.1. The number of carbonyl (C=O) groups is 10. The molecule has 0 spiro atoms. The summed E-state index contributed by atoms with van der Waals surface area (Å²) in [7, 11) is 4.69. The van der Waals surface area contributed by atoms with E-state index >= 15 is 0 Å². The van der Waals surface area contributed by atoms with E-state index in [1.54, 1.807) is 82.1 Å². The van der Waals surface area contributed by atoms with E-state index < -0.39 is 101 Å². The minimum Gasteiger partial charge on any atom is -0.445 e. The Bertz CT molecular complexity index is 3290. The number of rotatable bonds is 40. The van der Waals surface area contributed by atoms with Crippen LogP contribution in [0.4, 0.5) is 15.3 Å². The SMILES string of the molecule is CC[C@H](C)[C@@H]([C@@H](CC(=O)N1CCC[C@H]1[C@H](OC)[C@@H](C)C(=O)N[C@@H](Cc1ccccc1)c1nccs1)OC)N(C)C(=O)[C@@H](NC(=O)C(C)(C)NC(=O)OCc1ccc(NC(=O)[C@H](CCCNC(N)=O)NC(=O)[C@@H](NC(=O)CCCCCNC(=O)c2cnc([S+]=O)cn2)C(C)C)cc1)C(C)C. The number of methoxy groups -OCH3 is 2. The molecule has 1 saturated heterocycles. The highest BCUT2D eigenvalue weighted by Gasteiger charge is 2.44. The number of ether oxygens (including phenoxy) is 3. The molecular formula is C69H101N14O14S2+. The van der Waals surface area contributed by atoms with Gasteiger partial charge in [-0.15, -0.1) is 11.3 Å². The van der Waals surface area contributed by atoms with Gasteiger partial charge in [0.1, 0.15) is 47.2 Å². The molecule has 30 heteroatoms. The number of unbranched alkanes of at least 4 members (excludes halogenated alkanes) is 2. The van der Waals surface area contributed by atoms with E-state index in [0.29, 0.717) is 69.3 Å². The molecule has 0 bridgehead atoms. The van der Waals surface area contributed by atoms with Crippen LogP contribution in [0.25, 0.3) is 0 Å². The zero-order chi connectivity index (χ0) is 72.9. The van der Waals surface area contributed by atoms with Crippen molar-refractivity contribution >= 4 is 88.1 Å². The molecule has 99 heavy (non-hydrogen) atoms. The van der Waals surface area contributed by atoms with Crippen molar-refractivity contribution in [3.05, 3.63) is 100 Å². The highest BCUT2D eigenvalue weighted by atomic mass is 32.1. The highest BCUT2D eigenvalue weighted by molar-refractivity contribution is 7.65. The van der Waals surface area contributed by atoms with Gasteiger partial charge >= 0.3 is 28.8 Å². The van der Waals surface area contributed by atoms with Gasteiger partial charge in [-0.3, -0.25) is 38.4 Å². The van der Waals surface area contributed by atoms with Crippen LogP contribution in [-0.2, 0) is 76.7 Å². The summed E-state index contributed by atoms with van der Waals surface area (Å²) in [4.78, 5) is 151. The van der Waals surface area contributed by atoms with Gasteiger partial charge in [0.15, 0.2) is 0 Å². The van der Waals surface area contributed by atoms with Gasteiger partial charge in [-0.05, 0) is 99.8 Å². The predicted molar refractivity (Wildman–Crippen MR) is 373 cm³/mol. The first kappa shape index (κ1) is 81.1. The molecule has 0 aliphatic carbocycles. The third-order valence-corrected chi connectivity index (χ3v) is 18.9. The van der Waals surface area contributed by atoms with Crippen molar-refractivity contribution in [2.24, 2.45) is 29.4 Å². The Balaban J connectivity index is 1.13. The minimum absolute atomic E-state index is 0.0679. The molecule has 2 aromatic carbocycles. The number of anilines is 1. The normalized spacial score (nSPS) is 15.7. The van der Waals surface area contributed by atoms with Crippen LogP contribution >= 0.6 is 11.3 Å². The van der Waals surface area contributed by atoms with Crippen molar-refractivity contribution in [2.75, 3.05) is 46.2 Å². The number of primary amides is 1. The van der Waals surface area contributed by atoms with Crippen molar-refractivity contribution < 1.29 is 66.4 Å². The summed E-state index contributed by atoms with van der Waals surface area (Å²) in [6.45, 7) is 16.4. The van der Waals surface area contributed by atoms with Gasteiger partial charge in [-0.25, -0.2) is 19.6 Å². The number of nitrogens with zero attached hydrogens (tertiary/aromatic N) is 5. The molecule has 0 saturated carbocycles. The zero-order valence-electron chi connectivity index (χ0n) is 58.9. The van der Waals surface area contributed by atoms with Crippen LogP contribution in [0.5, 0.6) is 0 Å². The Kier molecular flexibility index (Phi) is 33.1. The third-order valence-electron chi connectivity index (χ3n) is 17.6. The van der Waals surface area contributed by atoms with Gasteiger partial charge in [0.05, 0.1) is 48.9 Å². The molecule has 28 nitrogen and oxygen atoms in total. The minimum atomic E-state index is -1.59. The number of carbonyl (C=O) groups excluding carboxylic acids is 10. The maximum Gasteiger partial charge on any atom is 0.528 e. The van der Waals surface area contributed by atoms with Gasteiger partial charge < -0.3 is 72.3 Å². The maximum atomic E-state index is 14.7. The van der Waals surface area contributed by atoms with Crippen molar-refractivity contribution in [1.29, 1.82) is 0 Å². The molecule has 10 atom stereocenters. The smallest absolute Gasteiger partial charge is 0.445 e. The van der Waals surface area contributed by atoms with Gasteiger partial charge in [0.2, 0.25) is 41.4 Å². The molecular weight excluding hydrogens is 1310 g/mol. The topological polar surface area (TPSA) is 383 Å². The van der Waals surface area contributed by atoms with Crippen LogP contribution in [0.1, 0.15) is 159 Å². The lowest BCUT2D eigenvalue weighted by Gasteiger charge is -2.41. The van der Waals surface area contributed by atoms with E-state index in [4.69, 9.17) is 19.9 Å². The molecule has 1 aliphatic rings. The average Bonchev–Trinajstić information content (AvgIpc) is 1.76. The lowest BCUT2D eigenvalue weighted by atomic mass is 9.89. The average molecular weight is 1410 g/mol. The Labute approximate surface area is 588 Å². The fraction of sp³-hybridized carbons (Fsp3) is 0.580. The van der Waals surface area contributed by atoms with Gasteiger partial charge in [0, 0.05) is 68.8 Å². The summed E-state index contributed by atoms with van der Waals surface area (Å²) >= 11 is 1.63. The number of benzene rings is 2. The number of likely N-dealkylation sites (N-methyl/N-ethyl adjacent to an activating group) is 1. The van der Waals surface area contributed by atoms with E-state index in [2.05, 4.69) is 57.5 Å². The summed E-state index contributed by atoms with van der Waals surface area (Å²) < 4.78 is 28.6. The largest absolute Gasteiger partial charge is 0.528 e. The van der Waals surface area contributed by atoms with Crippen LogP contribution in [-0.4, -0.2) is 173 Å². The molecule has 2 aromatic heterocycles. The second-order valence-corrected chi connectivity index (χ2v) is 27.6. The molecule has 0 radical (unpaired) electrons. The number of amides is 11. The molecule has 3 heterocycles. The molecule has 5 rings (SSSR count). The first-order valence-electron chi connectivity index (χ1n) is 33.7. The van der Waals surface area contributed by atoms with Gasteiger partial charge in [-0.2, -0.15) is 4.98 Å².